The second-order valence-corrected chi connectivity index (χ2v) is 5.93. The van der Waals surface area contributed by atoms with E-state index in [1.807, 2.05) is 19.0 Å². The van der Waals surface area contributed by atoms with Crippen LogP contribution in [0, 0.1) is 11.3 Å². The molecule has 0 aromatic carbocycles. The summed E-state index contributed by atoms with van der Waals surface area (Å²) < 4.78 is 0. The van der Waals surface area contributed by atoms with E-state index in [-0.39, 0.29) is 0 Å². The lowest BCUT2D eigenvalue weighted by molar-refractivity contribution is -0.104. The van der Waals surface area contributed by atoms with Crippen LogP contribution >= 0.6 is 0 Å². The van der Waals surface area contributed by atoms with Gasteiger partial charge in [0.25, 0.3) is 0 Å². The van der Waals surface area contributed by atoms with Crippen LogP contribution in [-0.4, -0.2) is 25.3 Å². The molecule has 1 unspecified atom stereocenters. The maximum Gasteiger partial charge on any atom is 0.144 e. The Morgan fingerprint density at radius 3 is 2.61 bits per heavy atom. The molecular weight excluding hydrogens is 222 g/mol. The second-order valence-electron chi connectivity index (χ2n) is 5.93. The highest BCUT2D eigenvalue weighted by atomic mass is 16.1. The highest BCUT2D eigenvalue weighted by molar-refractivity contribution is 5.66. The smallest absolute Gasteiger partial charge is 0.144 e. The molecule has 1 aliphatic rings. The van der Waals surface area contributed by atoms with Crippen molar-refractivity contribution in [3.8, 4) is 0 Å². The summed E-state index contributed by atoms with van der Waals surface area (Å²) in [5.41, 5.74) is 2.68. The summed E-state index contributed by atoms with van der Waals surface area (Å²) >= 11 is 0. The van der Waals surface area contributed by atoms with Crippen molar-refractivity contribution in [2.24, 2.45) is 11.3 Å². The van der Waals surface area contributed by atoms with Crippen molar-refractivity contribution in [3.05, 3.63) is 35.6 Å². The molecule has 0 saturated carbocycles. The van der Waals surface area contributed by atoms with E-state index in [1.54, 1.807) is 6.08 Å². The van der Waals surface area contributed by atoms with Crippen LogP contribution in [0.15, 0.2) is 35.6 Å². The molecule has 18 heavy (non-hydrogen) atoms. The molecule has 0 N–H and O–H groups in total. The van der Waals surface area contributed by atoms with Crippen molar-refractivity contribution in [1.82, 2.24) is 4.90 Å². The Morgan fingerprint density at radius 1 is 1.44 bits per heavy atom. The summed E-state index contributed by atoms with van der Waals surface area (Å²) in [6, 6.07) is 0. The van der Waals surface area contributed by atoms with Gasteiger partial charge in [0.05, 0.1) is 0 Å². The molecule has 2 heteroatoms. The highest BCUT2D eigenvalue weighted by Crippen LogP contribution is 2.41. The van der Waals surface area contributed by atoms with E-state index in [2.05, 4.69) is 39.0 Å². The predicted molar refractivity (Wildman–Crippen MR) is 77.2 cm³/mol. The number of carbonyl (C=O) groups excluding carboxylic acids is 1. The number of hydrogen-bond acceptors (Lipinski definition) is 2. The van der Waals surface area contributed by atoms with Crippen LogP contribution in [0.5, 0.6) is 0 Å². The molecule has 0 bridgehead atoms. The molecule has 1 atom stereocenters. The van der Waals surface area contributed by atoms with Gasteiger partial charge >= 0.3 is 0 Å². The van der Waals surface area contributed by atoms with E-state index in [0.717, 1.165) is 12.0 Å². The number of rotatable bonds is 4. The van der Waals surface area contributed by atoms with Crippen LogP contribution in [0.3, 0.4) is 0 Å². The standard InChI is InChI=1S/C16H25NO/c1-13-7-6-11-16(2,3)15(13)9-8-14(10-12-18)17(4)5/h7-10,12,15H,6,11H2,1-5H3/b9-8+,14-10-. The van der Waals surface area contributed by atoms with Crippen molar-refractivity contribution in [2.75, 3.05) is 14.1 Å². The first-order chi connectivity index (χ1) is 8.38. The monoisotopic (exact) mass is 247 g/mol. The summed E-state index contributed by atoms with van der Waals surface area (Å²) in [6.45, 7) is 6.84. The molecular formula is C16H25NO. The number of aldehydes is 1. The van der Waals surface area contributed by atoms with Crippen LogP contribution < -0.4 is 0 Å². The lowest BCUT2D eigenvalue weighted by Gasteiger charge is -2.36. The van der Waals surface area contributed by atoms with Gasteiger partial charge in [-0.1, -0.05) is 31.6 Å². The molecule has 0 aromatic heterocycles. The first-order valence-electron chi connectivity index (χ1n) is 6.56. The first kappa shape index (κ1) is 14.7. The van der Waals surface area contributed by atoms with Crippen LogP contribution in [-0.2, 0) is 4.79 Å². The van der Waals surface area contributed by atoms with Crippen molar-refractivity contribution in [2.45, 2.75) is 33.6 Å². The minimum Gasteiger partial charge on any atom is -0.378 e. The summed E-state index contributed by atoms with van der Waals surface area (Å²) in [4.78, 5) is 12.6. The zero-order valence-corrected chi connectivity index (χ0v) is 12.2. The normalized spacial score (nSPS) is 23.9. The Morgan fingerprint density at radius 2 is 2.11 bits per heavy atom. The summed E-state index contributed by atoms with van der Waals surface area (Å²) in [5.74, 6) is 0.459. The molecule has 100 valence electrons. The number of allylic oxidation sites excluding steroid dienone is 5. The Labute approximate surface area is 111 Å². The Kier molecular flexibility index (Phi) is 4.94. The van der Waals surface area contributed by atoms with Crippen molar-refractivity contribution >= 4 is 6.29 Å². The van der Waals surface area contributed by atoms with Gasteiger partial charge in [0.1, 0.15) is 6.29 Å². The van der Waals surface area contributed by atoms with Crippen LogP contribution in [0.2, 0.25) is 0 Å². The fourth-order valence-electron chi connectivity index (χ4n) is 2.60. The van der Waals surface area contributed by atoms with E-state index < -0.39 is 0 Å². The molecule has 0 saturated heterocycles. The minimum absolute atomic E-state index is 0.300. The third kappa shape index (κ3) is 3.59. The number of carbonyl (C=O) groups is 1. The third-order valence-electron chi connectivity index (χ3n) is 3.80. The Hall–Kier alpha value is -1.31. The van der Waals surface area contributed by atoms with Crippen molar-refractivity contribution < 1.29 is 4.79 Å². The van der Waals surface area contributed by atoms with Gasteiger partial charge in [0, 0.05) is 31.8 Å². The van der Waals surface area contributed by atoms with Gasteiger partial charge in [-0.3, -0.25) is 4.79 Å². The van der Waals surface area contributed by atoms with E-state index in [4.69, 9.17) is 0 Å². The maximum absolute atomic E-state index is 10.6. The number of hydrogen-bond donors (Lipinski definition) is 0. The van der Waals surface area contributed by atoms with Crippen LogP contribution in [0.25, 0.3) is 0 Å². The van der Waals surface area contributed by atoms with Gasteiger partial charge in [-0.25, -0.2) is 0 Å². The average Bonchev–Trinajstić information content (AvgIpc) is 2.25. The van der Waals surface area contributed by atoms with Crippen molar-refractivity contribution in [3.63, 3.8) is 0 Å². The predicted octanol–water partition coefficient (Wildman–Crippen LogP) is 3.57. The van der Waals surface area contributed by atoms with E-state index >= 15 is 0 Å². The summed E-state index contributed by atoms with van der Waals surface area (Å²) in [6.07, 6.45) is 11.5. The molecule has 2 nitrogen and oxygen atoms in total. The molecule has 1 aliphatic carbocycles. The fourth-order valence-corrected chi connectivity index (χ4v) is 2.60. The molecule has 0 heterocycles. The topological polar surface area (TPSA) is 20.3 Å². The zero-order chi connectivity index (χ0) is 13.8. The van der Waals surface area contributed by atoms with Gasteiger partial charge in [-0.2, -0.15) is 0 Å². The van der Waals surface area contributed by atoms with E-state index in [9.17, 15) is 4.79 Å². The molecule has 0 aromatic rings. The number of likely N-dealkylation sites (N-methyl/N-ethyl adjacent to an activating group) is 1. The highest BCUT2D eigenvalue weighted by Gasteiger charge is 2.30. The van der Waals surface area contributed by atoms with Gasteiger partial charge in [0.15, 0.2) is 0 Å². The summed E-state index contributed by atoms with van der Waals surface area (Å²) in [5, 5.41) is 0. The molecule has 0 fully saturated rings. The fraction of sp³-hybridized carbons (Fsp3) is 0.562. The second kappa shape index (κ2) is 6.03. The van der Waals surface area contributed by atoms with Crippen LogP contribution in [0.4, 0.5) is 0 Å². The molecule has 0 radical (unpaired) electrons. The quantitative estimate of drug-likeness (QED) is 0.327. The lowest BCUT2D eigenvalue weighted by Crippen LogP contribution is -2.26. The Balaban J connectivity index is 2.93. The molecule has 1 rings (SSSR count). The molecule has 0 spiro atoms. The molecule has 0 amide bonds. The first-order valence-corrected chi connectivity index (χ1v) is 6.56. The van der Waals surface area contributed by atoms with Crippen LogP contribution in [0.1, 0.15) is 33.6 Å². The SMILES string of the molecule is CC1=CCCC(C)(C)C1/C=C/C(=C/C=O)N(C)C. The van der Waals surface area contributed by atoms with Gasteiger partial charge < -0.3 is 4.90 Å². The maximum atomic E-state index is 10.6. The van der Waals surface area contributed by atoms with Gasteiger partial charge in [0.2, 0.25) is 0 Å². The average molecular weight is 247 g/mol. The van der Waals surface area contributed by atoms with Gasteiger partial charge in [-0.15, -0.1) is 0 Å². The van der Waals surface area contributed by atoms with Crippen molar-refractivity contribution in [1.29, 1.82) is 0 Å². The molecule has 0 aliphatic heterocycles. The van der Waals surface area contributed by atoms with Gasteiger partial charge in [-0.05, 0) is 31.3 Å². The van der Waals surface area contributed by atoms with E-state index in [0.29, 0.717) is 11.3 Å². The largest absolute Gasteiger partial charge is 0.378 e. The van der Waals surface area contributed by atoms with E-state index in [1.165, 1.54) is 18.4 Å². The third-order valence-corrected chi connectivity index (χ3v) is 3.80. The summed E-state index contributed by atoms with van der Waals surface area (Å²) in [7, 11) is 3.91. The number of nitrogens with zero attached hydrogens (tertiary/aromatic N) is 1. The Bertz CT molecular complexity index is 386. The minimum atomic E-state index is 0.300. The zero-order valence-electron chi connectivity index (χ0n) is 12.2. The lowest BCUT2D eigenvalue weighted by atomic mass is 9.68.